The molecule has 0 heterocycles. The molecule has 23 heavy (non-hydrogen) atoms. The van der Waals surface area contributed by atoms with Gasteiger partial charge in [-0.2, -0.15) is 0 Å². The lowest BCUT2D eigenvalue weighted by atomic mass is 10.1. The lowest BCUT2D eigenvalue weighted by Gasteiger charge is -2.12. The number of aryl methyl sites for hydroxylation is 1. The van der Waals surface area contributed by atoms with Crippen LogP contribution in [0, 0.1) is 6.92 Å². The number of methoxy groups -OCH3 is 1. The first kappa shape index (κ1) is 16.8. The van der Waals surface area contributed by atoms with Crippen LogP contribution >= 0.6 is 11.6 Å². The van der Waals surface area contributed by atoms with Crippen molar-refractivity contribution in [2.24, 2.45) is 0 Å². The van der Waals surface area contributed by atoms with Gasteiger partial charge in [0.1, 0.15) is 5.75 Å². The maximum Gasteiger partial charge on any atom is 0.259 e. The Morgan fingerprint density at radius 1 is 1.09 bits per heavy atom. The number of benzene rings is 2. The highest BCUT2D eigenvalue weighted by atomic mass is 35.5. The number of halogens is 1. The molecule has 2 amide bonds. The van der Waals surface area contributed by atoms with E-state index in [2.05, 4.69) is 10.6 Å². The van der Waals surface area contributed by atoms with E-state index in [1.54, 1.807) is 43.4 Å². The summed E-state index contributed by atoms with van der Waals surface area (Å²) in [5.41, 5.74) is 2.32. The maximum atomic E-state index is 12.4. The van der Waals surface area contributed by atoms with Crippen molar-refractivity contribution < 1.29 is 14.3 Å². The number of anilines is 1. The van der Waals surface area contributed by atoms with Crippen molar-refractivity contribution in [3.63, 3.8) is 0 Å². The van der Waals surface area contributed by atoms with Gasteiger partial charge in [-0.25, -0.2) is 0 Å². The van der Waals surface area contributed by atoms with Gasteiger partial charge in [-0.3, -0.25) is 9.59 Å². The second kappa shape index (κ2) is 7.15. The molecule has 5 nitrogen and oxygen atoms in total. The molecule has 0 saturated carbocycles. The number of amides is 2. The summed E-state index contributed by atoms with van der Waals surface area (Å²) in [4.78, 5) is 24.0. The highest BCUT2D eigenvalue weighted by Crippen LogP contribution is 2.25. The first-order chi connectivity index (χ1) is 11.0. The van der Waals surface area contributed by atoms with Crippen molar-refractivity contribution in [2.75, 3.05) is 19.5 Å². The van der Waals surface area contributed by atoms with E-state index in [9.17, 15) is 9.59 Å². The van der Waals surface area contributed by atoms with E-state index < -0.39 is 0 Å². The number of hydrogen-bond acceptors (Lipinski definition) is 3. The third-order valence-electron chi connectivity index (χ3n) is 3.37. The van der Waals surface area contributed by atoms with E-state index in [1.807, 2.05) is 6.92 Å². The highest BCUT2D eigenvalue weighted by molar-refractivity contribution is 6.31. The SMILES string of the molecule is CNC(=O)c1ccc(NC(=O)c2ccc(Cl)cc2OC)c(C)c1. The van der Waals surface area contributed by atoms with Gasteiger partial charge in [0.05, 0.1) is 12.7 Å². The largest absolute Gasteiger partial charge is 0.496 e. The zero-order valence-electron chi connectivity index (χ0n) is 13.1. The molecule has 0 radical (unpaired) electrons. The van der Waals surface area contributed by atoms with Crippen LogP contribution in [0.5, 0.6) is 5.75 Å². The Morgan fingerprint density at radius 2 is 1.83 bits per heavy atom. The van der Waals surface area contributed by atoms with Crippen LogP contribution in [0.2, 0.25) is 5.02 Å². The third kappa shape index (κ3) is 3.81. The van der Waals surface area contributed by atoms with Gasteiger partial charge >= 0.3 is 0 Å². The quantitative estimate of drug-likeness (QED) is 0.903. The second-order valence-corrected chi connectivity index (χ2v) is 5.34. The van der Waals surface area contributed by atoms with Crippen molar-refractivity contribution in [1.82, 2.24) is 5.32 Å². The zero-order chi connectivity index (χ0) is 17.0. The number of carbonyl (C=O) groups excluding carboxylic acids is 2. The topological polar surface area (TPSA) is 67.4 Å². The lowest BCUT2D eigenvalue weighted by Crippen LogP contribution is -2.18. The van der Waals surface area contributed by atoms with Gasteiger partial charge < -0.3 is 15.4 Å². The van der Waals surface area contributed by atoms with Crippen LogP contribution in [0.4, 0.5) is 5.69 Å². The van der Waals surface area contributed by atoms with Crippen LogP contribution in [0.25, 0.3) is 0 Å². The molecule has 0 aliphatic carbocycles. The second-order valence-electron chi connectivity index (χ2n) is 4.91. The summed E-state index contributed by atoms with van der Waals surface area (Å²) in [6.07, 6.45) is 0. The molecule has 0 unspecified atom stereocenters. The third-order valence-corrected chi connectivity index (χ3v) is 3.61. The highest BCUT2D eigenvalue weighted by Gasteiger charge is 2.14. The number of nitrogens with one attached hydrogen (secondary N) is 2. The average Bonchev–Trinajstić information content (AvgIpc) is 2.55. The van der Waals surface area contributed by atoms with Crippen molar-refractivity contribution in [2.45, 2.75) is 6.92 Å². The molecule has 0 saturated heterocycles. The summed E-state index contributed by atoms with van der Waals surface area (Å²) in [5.74, 6) is -0.0886. The normalized spacial score (nSPS) is 10.1. The van der Waals surface area contributed by atoms with E-state index >= 15 is 0 Å². The summed E-state index contributed by atoms with van der Waals surface area (Å²) in [6.45, 7) is 1.82. The summed E-state index contributed by atoms with van der Waals surface area (Å²) < 4.78 is 5.18. The monoisotopic (exact) mass is 332 g/mol. The minimum absolute atomic E-state index is 0.176. The molecule has 2 rings (SSSR count). The number of carbonyl (C=O) groups is 2. The van der Waals surface area contributed by atoms with E-state index in [0.717, 1.165) is 5.56 Å². The van der Waals surface area contributed by atoms with Crippen LogP contribution in [-0.4, -0.2) is 26.0 Å². The minimum Gasteiger partial charge on any atom is -0.496 e. The molecule has 0 aromatic heterocycles. The number of hydrogen-bond donors (Lipinski definition) is 2. The Labute approximate surface area is 139 Å². The molecule has 0 bridgehead atoms. The molecule has 0 spiro atoms. The van der Waals surface area contributed by atoms with Crippen LogP contribution in [0.3, 0.4) is 0 Å². The molecule has 2 aromatic carbocycles. The molecule has 2 aromatic rings. The molecule has 0 fully saturated rings. The van der Waals surface area contributed by atoms with Crippen LogP contribution in [0.1, 0.15) is 26.3 Å². The van der Waals surface area contributed by atoms with E-state index in [0.29, 0.717) is 27.6 Å². The molecular weight excluding hydrogens is 316 g/mol. The van der Waals surface area contributed by atoms with Crippen LogP contribution < -0.4 is 15.4 Å². The Balaban J connectivity index is 2.25. The fourth-order valence-electron chi connectivity index (χ4n) is 2.13. The molecule has 0 aliphatic heterocycles. The first-order valence-corrected chi connectivity index (χ1v) is 7.31. The predicted molar refractivity (Wildman–Crippen MR) is 90.5 cm³/mol. The summed E-state index contributed by atoms with van der Waals surface area (Å²) in [6, 6.07) is 9.87. The van der Waals surface area contributed by atoms with Gasteiger partial charge in [-0.05, 0) is 48.9 Å². The van der Waals surface area contributed by atoms with Crippen molar-refractivity contribution >= 4 is 29.1 Å². The van der Waals surface area contributed by atoms with Crippen molar-refractivity contribution in [3.8, 4) is 5.75 Å². The minimum atomic E-state index is -0.311. The molecule has 0 atom stereocenters. The zero-order valence-corrected chi connectivity index (χ0v) is 13.8. The standard InChI is InChI=1S/C17H17ClN2O3/c1-10-8-11(16(21)19-2)4-7-14(10)20-17(22)13-6-5-12(18)9-15(13)23-3/h4-9H,1-3H3,(H,19,21)(H,20,22). The maximum absolute atomic E-state index is 12.4. The van der Waals surface area contributed by atoms with Crippen LogP contribution in [0.15, 0.2) is 36.4 Å². The Hall–Kier alpha value is -2.53. The van der Waals surface area contributed by atoms with Crippen molar-refractivity contribution in [3.05, 3.63) is 58.1 Å². The fraction of sp³-hybridized carbons (Fsp3) is 0.176. The van der Waals surface area contributed by atoms with E-state index in [1.165, 1.54) is 7.11 Å². The fourth-order valence-corrected chi connectivity index (χ4v) is 2.29. The summed E-state index contributed by atoms with van der Waals surface area (Å²) in [7, 11) is 3.05. The Kier molecular flexibility index (Phi) is 5.24. The number of ether oxygens (including phenoxy) is 1. The Morgan fingerprint density at radius 3 is 2.43 bits per heavy atom. The predicted octanol–water partition coefficient (Wildman–Crippen LogP) is 3.27. The summed E-state index contributed by atoms with van der Waals surface area (Å²) in [5, 5.41) is 5.86. The molecular formula is C17H17ClN2O3. The van der Waals surface area contributed by atoms with Gasteiger partial charge in [0, 0.05) is 23.3 Å². The number of rotatable bonds is 4. The van der Waals surface area contributed by atoms with Gasteiger partial charge in [-0.15, -0.1) is 0 Å². The van der Waals surface area contributed by atoms with Gasteiger partial charge in [-0.1, -0.05) is 11.6 Å². The molecule has 120 valence electrons. The molecule has 0 aliphatic rings. The Bertz CT molecular complexity index is 759. The summed E-state index contributed by atoms with van der Waals surface area (Å²) >= 11 is 5.90. The molecule has 2 N–H and O–H groups in total. The first-order valence-electron chi connectivity index (χ1n) is 6.94. The smallest absolute Gasteiger partial charge is 0.259 e. The lowest BCUT2D eigenvalue weighted by molar-refractivity contribution is 0.0962. The van der Waals surface area contributed by atoms with E-state index in [4.69, 9.17) is 16.3 Å². The van der Waals surface area contributed by atoms with Gasteiger partial charge in [0.2, 0.25) is 0 Å². The average molecular weight is 333 g/mol. The van der Waals surface area contributed by atoms with Crippen molar-refractivity contribution in [1.29, 1.82) is 0 Å². The van der Waals surface area contributed by atoms with Crippen LogP contribution in [-0.2, 0) is 0 Å². The van der Waals surface area contributed by atoms with Gasteiger partial charge in [0.25, 0.3) is 11.8 Å². The van der Waals surface area contributed by atoms with Gasteiger partial charge in [0.15, 0.2) is 0 Å². The molecule has 6 heteroatoms. The van der Waals surface area contributed by atoms with E-state index in [-0.39, 0.29) is 11.8 Å².